The molecule has 0 aromatic heterocycles. The molecule has 2 fully saturated rings. The van der Waals surface area contributed by atoms with Crippen molar-refractivity contribution in [2.75, 3.05) is 6.61 Å². The fraction of sp³-hybridized carbons (Fsp3) is 0.714. The summed E-state index contributed by atoms with van der Waals surface area (Å²) in [5.41, 5.74) is 0.0599. The first kappa shape index (κ1) is 17.7. The number of ether oxygens (including phenoxy) is 1. The van der Waals surface area contributed by atoms with Crippen LogP contribution in [-0.4, -0.2) is 6.61 Å². The van der Waals surface area contributed by atoms with Crippen LogP contribution in [0.3, 0.4) is 0 Å². The Hall–Kier alpha value is -1.12. The molecule has 3 heteroatoms. The summed E-state index contributed by atoms with van der Waals surface area (Å²) < 4.78 is 32.8. The van der Waals surface area contributed by atoms with Gasteiger partial charge in [-0.2, -0.15) is 0 Å². The molecular formula is C21H30F2O. The highest BCUT2D eigenvalue weighted by Crippen LogP contribution is 2.41. The molecule has 0 aliphatic heterocycles. The average molecular weight is 336 g/mol. The number of benzene rings is 1. The van der Waals surface area contributed by atoms with Gasteiger partial charge in [-0.1, -0.05) is 19.8 Å². The third kappa shape index (κ3) is 4.29. The standard InChI is InChI=1S/C21H30F2O/c1-14-3-7-17(8-4-14)18-9-5-16(6-10-18)13-24-19-11-20(22)15(2)21(23)12-19/h11-12,14,16-18H,3-10,13H2,1-2H3. The van der Waals surface area contributed by atoms with Crippen LogP contribution in [0.1, 0.15) is 63.9 Å². The molecule has 2 aliphatic rings. The van der Waals surface area contributed by atoms with E-state index in [1.165, 1.54) is 70.4 Å². The lowest BCUT2D eigenvalue weighted by Gasteiger charge is -2.37. The number of halogens is 2. The highest BCUT2D eigenvalue weighted by molar-refractivity contribution is 5.29. The highest BCUT2D eigenvalue weighted by Gasteiger charge is 2.30. The SMILES string of the molecule is Cc1c(F)cc(OCC2CCC(C3CCC(C)CC3)CC2)cc1F. The van der Waals surface area contributed by atoms with Crippen LogP contribution >= 0.6 is 0 Å². The normalized spacial score (nSPS) is 31.0. The zero-order chi connectivity index (χ0) is 17.1. The maximum atomic E-state index is 13.6. The van der Waals surface area contributed by atoms with Crippen LogP contribution in [0.5, 0.6) is 5.75 Å². The largest absolute Gasteiger partial charge is 0.493 e. The molecule has 2 aliphatic carbocycles. The molecule has 3 rings (SSSR count). The smallest absolute Gasteiger partial charge is 0.132 e. The Morgan fingerprint density at radius 2 is 1.38 bits per heavy atom. The van der Waals surface area contributed by atoms with Gasteiger partial charge in [0, 0.05) is 17.7 Å². The molecule has 0 unspecified atom stereocenters. The van der Waals surface area contributed by atoms with Gasteiger partial charge < -0.3 is 4.74 Å². The van der Waals surface area contributed by atoms with E-state index in [0.29, 0.717) is 18.3 Å². The Kier molecular flexibility index (Phi) is 5.78. The molecule has 2 saturated carbocycles. The summed E-state index contributed by atoms with van der Waals surface area (Å²) in [4.78, 5) is 0. The summed E-state index contributed by atoms with van der Waals surface area (Å²) >= 11 is 0. The van der Waals surface area contributed by atoms with E-state index in [1.807, 2.05) is 0 Å². The minimum atomic E-state index is -0.528. The van der Waals surface area contributed by atoms with Crippen LogP contribution in [0.25, 0.3) is 0 Å². The molecule has 1 aromatic rings. The van der Waals surface area contributed by atoms with Crippen LogP contribution < -0.4 is 4.74 Å². The molecule has 0 amide bonds. The predicted octanol–water partition coefficient (Wildman–Crippen LogP) is 6.28. The number of rotatable bonds is 4. The van der Waals surface area contributed by atoms with Crippen molar-refractivity contribution in [1.29, 1.82) is 0 Å². The molecule has 0 radical (unpaired) electrons. The van der Waals surface area contributed by atoms with Crippen molar-refractivity contribution in [3.63, 3.8) is 0 Å². The van der Waals surface area contributed by atoms with E-state index in [1.54, 1.807) is 0 Å². The van der Waals surface area contributed by atoms with E-state index in [9.17, 15) is 8.78 Å². The lowest BCUT2D eigenvalue weighted by atomic mass is 9.69. The predicted molar refractivity (Wildman–Crippen MR) is 93.2 cm³/mol. The van der Waals surface area contributed by atoms with Crippen molar-refractivity contribution < 1.29 is 13.5 Å². The van der Waals surface area contributed by atoms with E-state index in [4.69, 9.17) is 4.74 Å². The molecule has 1 aromatic carbocycles. The van der Waals surface area contributed by atoms with Gasteiger partial charge in [0.1, 0.15) is 17.4 Å². The first-order valence-electron chi connectivity index (χ1n) is 9.61. The van der Waals surface area contributed by atoms with Crippen LogP contribution in [0, 0.1) is 42.2 Å². The van der Waals surface area contributed by atoms with Crippen LogP contribution in [0.2, 0.25) is 0 Å². The molecule has 1 nitrogen and oxygen atoms in total. The van der Waals surface area contributed by atoms with Gasteiger partial charge >= 0.3 is 0 Å². The summed E-state index contributed by atoms with van der Waals surface area (Å²) in [5.74, 6) is 2.53. The summed E-state index contributed by atoms with van der Waals surface area (Å²) in [5, 5.41) is 0. The Morgan fingerprint density at radius 1 is 0.875 bits per heavy atom. The quantitative estimate of drug-likeness (QED) is 0.628. The Bertz CT molecular complexity index is 518. The second-order valence-electron chi connectivity index (χ2n) is 8.12. The summed E-state index contributed by atoms with van der Waals surface area (Å²) in [7, 11) is 0. The van der Waals surface area contributed by atoms with Gasteiger partial charge in [0.2, 0.25) is 0 Å². The maximum Gasteiger partial charge on any atom is 0.132 e. The van der Waals surface area contributed by atoms with Gasteiger partial charge in [-0.05, 0) is 69.1 Å². The molecule has 0 heterocycles. The molecule has 0 saturated heterocycles. The fourth-order valence-corrected chi connectivity index (χ4v) is 4.50. The third-order valence-corrected chi connectivity index (χ3v) is 6.36. The fourth-order valence-electron chi connectivity index (χ4n) is 4.50. The van der Waals surface area contributed by atoms with E-state index in [2.05, 4.69) is 6.92 Å². The number of hydrogen-bond donors (Lipinski definition) is 0. The van der Waals surface area contributed by atoms with Crippen molar-refractivity contribution in [2.24, 2.45) is 23.7 Å². The van der Waals surface area contributed by atoms with E-state index in [-0.39, 0.29) is 5.56 Å². The lowest BCUT2D eigenvalue weighted by molar-refractivity contribution is 0.126. The topological polar surface area (TPSA) is 9.23 Å². The van der Waals surface area contributed by atoms with Crippen LogP contribution in [0.15, 0.2) is 12.1 Å². The molecule has 0 bridgehead atoms. The summed E-state index contributed by atoms with van der Waals surface area (Å²) in [6, 6.07) is 2.60. The van der Waals surface area contributed by atoms with Gasteiger partial charge in [-0.25, -0.2) is 8.78 Å². The second-order valence-corrected chi connectivity index (χ2v) is 8.12. The molecule has 0 spiro atoms. The monoisotopic (exact) mass is 336 g/mol. The van der Waals surface area contributed by atoms with Crippen molar-refractivity contribution in [2.45, 2.75) is 65.2 Å². The van der Waals surface area contributed by atoms with Crippen molar-refractivity contribution in [1.82, 2.24) is 0 Å². The first-order chi connectivity index (χ1) is 11.5. The Morgan fingerprint density at radius 3 is 1.92 bits per heavy atom. The molecule has 0 N–H and O–H groups in total. The van der Waals surface area contributed by atoms with Crippen LogP contribution in [0.4, 0.5) is 8.78 Å². The summed E-state index contributed by atoms with van der Waals surface area (Å²) in [6.07, 6.45) is 10.6. The first-order valence-corrected chi connectivity index (χ1v) is 9.61. The van der Waals surface area contributed by atoms with Crippen molar-refractivity contribution in [3.8, 4) is 5.75 Å². The maximum absolute atomic E-state index is 13.6. The minimum absolute atomic E-state index is 0.0599. The molecule has 24 heavy (non-hydrogen) atoms. The molecular weight excluding hydrogens is 306 g/mol. The van der Waals surface area contributed by atoms with E-state index >= 15 is 0 Å². The van der Waals surface area contributed by atoms with Gasteiger partial charge in [-0.3, -0.25) is 0 Å². The Labute approximate surface area is 144 Å². The zero-order valence-corrected chi connectivity index (χ0v) is 15.0. The van der Waals surface area contributed by atoms with Gasteiger partial charge in [0.15, 0.2) is 0 Å². The second kappa shape index (κ2) is 7.84. The van der Waals surface area contributed by atoms with Gasteiger partial charge in [0.05, 0.1) is 6.61 Å². The average Bonchev–Trinajstić information content (AvgIpc) is 2.59. The molecule has 0 atom stereocenters. The van der Waals surface area contributed by atoms with Gasteiger partial charge in [0.25, 0.3) is 0 Å². The third-order valence-electron chi connectivity index (χ3n) is 6.36. The summed E-state index contributed by atoms with van der Waals surface area (Å²) in [6.45, 7) is 4.40. The van der Waals surface area contributed by atoms with Crippen molar-refractivity contribution >= 4 is 0 Å². The minimum Gasteiger partial charge on any atom is -0.493 e. The van der Waals surface area contributed by atoms with Crippen molar-refractivity contribution in [3.05, 3.63) is 29.3 Å². The Balaban J connectivity index is 1.44. The number of hydrogen-bond acceptors (Lipinski definition) is 1. The van der Waals surface area contributed by atoms with Gasteiger partial charge in [-0.15, -0.1) is 0 Å². The highest BCUT2D eigenvalue weighted by atomic mass is 19.1. The molecule has 134 valence electrons. The zero-order valence-electron chi connectivity index (χ0n) is 15.0. The van der Waals surface area contributed by atoms with E-state index in [0.717, 1.165) is 17.8 Å². The van der Waals surface area contributed by atoms with E-state index < -0.39 is 11.6 Å². The van der Waals surface area contributed by atoms with Crippen LogP contribution in [-0.2, 0) is 0 Å². The lowest BCUT2D eigenvalue weighted by Crippen LogP contribution is -2.27.